The highest BCUT2D eigenvalue weighted by Crippen LogP contribution is 2.59. The smallest absolute Gasteiger partial charge is 0.333 e. The standard InChI is InChI=1S/C77H86BN3/c1-47-41-56-69-65(36-34-59-68(69)55-21-19-20-22-57(55)77(59,17)18)81(54-31-33-58-61(44-54)75(13,14)38-37-73(58,9)10)78-63-45-53(79(51-27-23-49(24-28-51)71(3,4)5)52-29-25-50(26-30-52)72(6,7)8)32-35-64(63)80(67(42-47)70(56)78)66-46-62-60(43-48(66)2)74(11,12)39-40-76(62,15)16/h19-36,41-46H,37-40H2,1-18H3. The Kier molecular flexibility index (Phi) is 11.6. The van der Waals surface area contributed by atoms with Crippen LogP contribution in [0, 0.1) is 13.8 Å². The van der Waals surface area contributed by atoms with E-state index in [9.17, 15) is 0 Å². The third-order valence-electron chi connectivity index (χ3n) is 20.6. The molecule has 8 aromatic rings. The van der Waals surface area contributed by atoms with Crippen LogP contribution in [0.25, 0.3) is 22.3 Å². The van der Waals surface area contributed by atoms with Crippen molar-refractivity contribution in [3.05, 3.63) is 201 Å². The monoisotopic (exact) mass is 1060 g/mol. The summed E-state index contributed by atoms with van der Waals surface area (Å²) in [6.07, 6.45) is 4.67. The number of aryl methyl sites for hydroxylation is 2. The average Bonchev–Trinajstić information content (AvgIpc) is 3.81. The van der Waals surface area contributed by atoms with Gasteiger partial charge in [0.05, 0.1) is 0 Å². The fourth-order valence-corrected chi connectivity index (χ4v) is 15.4. The lowest BCUT2D eigenvalue weighted by molar-refractivity contribution is 0.332. The van der Waals surface area contributed by atoms with Gasteiger partial charge in [-0.3, -0.25) is 0 Å². The second kappa shape index (κ2) is 17.6. The van der Waals surface area contributed by atoms with Gasteiger partial charge in [-0.15, -0.1) is 0 Å². The highest BCUT2D eigenvalue weighted by molar-refractivity contribution is 6.93. The van der Waals surface area contributed by atoms with E-state index >= 15 is 0 Å². The van der Waals surface area contributed by atoms with Crippen molar-refractivity contribution in [2.24, 2.45) is 0 Å². The molecule has 0 N–H and O–H groups in total. The summed E-state index contributed by atoms with van der Waals surface area (Å²) in [4.78, 5) is 8.02. The van der Waals surface area contributed by atoms with Crippen LogP contribution in [0.15, 0.2) is 146 Å². The Hall–Kier alpha value is -6.78. The molecule has 8 aromatic carbocycles. The van der Waals surface area contributed by atoms with E-state index in [1.54, 1.807) is 0 Å². The van der Waals surface area contributed by atoms with Gasteiger partial charge in [0.25, 0.3) is 0 Å². The molecule has 81 heavy (non-hydrogen) atoms. The molecular weight excluding hydrogens is 978 g/mol. The first-order valence-electron chi connectivity index (χ1n) is 30.5. The normalized spacial score (nSPS) is 18.2. The van der Waals surface area contributed by atoms with Gasteiger partial charge in [-0.1, -0.05) is 184 Å². The summed E-state index contributed by atoms with van der Waals surface area (Å²) in [7, 11) is 0. The molecule has 2 aliphatic heterocycles. The maximum Gasteiger partial charge on any atom is 0.333 e. The van der Waals surface area contributed by atoms with E-state index in [4.69, 9.17) is 0 Å². The number of nitrogens with zero attached hydrogens (tertiary/aromatic N) is 3. The van der Waals surface area contributed by atoms with Crippen molar-refractivity contribution in [3.8, 4) is 22.3 Å². The van der Waals surface area contributed by atoms with Crippen LogP contribution < -0.4 is 25.5 Å². The van der Waals surface area contributed by atoms with Gasteiger partial charge in [-0.2, -0.15) is 0 Å². The van der Waals surface area contributed by atoms with Crippen molar-refractivity contribution in [1.29, 1.82) is 0 Å². The van der Waals surface area contributed by atoms with Crippen LogP contribution >= 0.6 is 0 Å². The molecule has 0 saturated heterocycles. The Morgan fingerprint density at radius 2 is 0.938 bits per heavy atom. The van der Waals surface area contributed by atoms with E-state index in [2.05, 4.69) is 285 Å². The number of benzene rings is 8. The maximum atomic E-state index is 2.80. The molecule has 0 radical (unpaired) electrons. The Morgan fingerprint density at radius 3 is 1.53 bits per heavy atom. The molecule has 0 bridgehead atoms. The average molecular weight is 1060 g/mol. The molecule has 13 rings (SSSR count). The summed E-state index contributed by atoms with van der Waals surface area (Å²) in [6, 6.07) is 58.4. The molecule has 3 aliphatic carbocycles. The predicted molar refractivity (Wildman–Crippen MR) is 350 cm³/mol. The Labute approximate surface area is 487 Å². The fourth-order valence-electron chi connectivity index (χ4n) is 15.4. The van der Waals surface area contributed by atoms with Crippen molar-refractivity contribution < 1.29 is 0 Å². The molecule has 412 valence electrons. The summed E-state index contributed by atoms with van der Waals surface area (Å²) >= 11 is 0. The fraction of sp³-hybridized carbons (Fsp3) is 0.377. The summed E-state index contributed by atoms with van der Waals surface area (Å²) in [5.74, 6) is 0. The number of hydrogen-bond acceptors (Lipinski definition) is 3. The topological polar surface area (TPSA) is 9.72 Å². The van der Waals surface area contributed by atoms with Gasteiger partial charge in [0.15, 0.2) is 0 Å². The lowest BCUT2D eigenvalue weighted by Gasteiger charge is -2.48. The quantitative estimate of drug-likeness (QED) is 0.159. The summed E-state index contributed by atoms with van der Waals surface area (Å²) in [5.41, 5.74) is 31.9. The summed E-state index contributed by atoms with van der Waals surface area (Å²) in [6.45, 7) is 43.1. The lowest BCUT2D eigenvalue weighted by Crippen LogP contribution is -2.61. The van der Waals surface area contributed by atoms with Crippen LogP contribution in [-0.2, 0) is 37.9 Å². The molecule has 0 atom stereocenters. The molecule has 0 fully saturated rings. The minimum Gasteiger partial charge on any atom is -0.376 e. The SMILES string of the molecule is Cc1cc2c3c(c1)N(c1cc4c(cc1C)C(C)(C)CCC4(C)C)c1ccc(N(c4ccc(C(C)(C)C)cc4)c4ccc(C(C)(C)C)cc4)cc1B3N(c1ccc3c(c1)C(C)(C)CCC3(C)C)c1ccc3c(c1-2)-c1ccccc1C3(C)C. The summed E-state index contributed by atoms with van der Waals surface area (Å²) < 4.78 is 0. The largest absolute Gasteiger partial charge is 0.376 e. The Bertz CT molecular complexity index is 3850. The van der Waals surface area contributed by atoms with Gasteiger partial charge in [0.1, 0.15) is 0 Å². The molecule has 0 unspecified atom stereocenters. The first-order valence-corrected chi connectivity index (χ1v) is 30.5. The van der Waals surface area contributed by atoms with Crippen LogP contribution in [0.1, 0.15) is 192 Å². The molecule has 3 nitrogen and oxygen atoms in total. The van der Waals surface area contributed by atoms with Crippen molar-refractivity contribution >= 4 is 63.3 Å². The van der Waals surface area contributed by atoms with Gasteiger partial charge < -0.3 is 14.6 Å². The molecule has 0 spiro atoms. The number of anilines is 8. The molecule has 2 heterocycles. The molecular formula is C77H86BN3. The lowest BCUT2D eigenvalue weighted by atomic mass is 9.43. The number of hydrogen-bond donors (Lipinski definition) is 0. The van der Waals surface area contributed by atoms with Crippen LogP contribution in [-0.4, -0.2) is 6.85 Å². The molecule has 0 aromatic heterocycles. The van der Waals surface area contributed by atoms with Gasteiger partial charge in [0, 0.05) is 56.5 Å². The highest BCUT2D eigenvalue weighted by Gasteiger charge is 2.50. The Balaban J connectivity index is 1.15. The zero-order valence-electron chi connectivity index (χ0n) is 52.1. The van der Waals surface area contributed by atoms with E-state index in [0.29, 0.717) is 0 Å². The minimum absolute atomic E-state index is 0.0207. The van der Waals surface area contributed by atoms with Gasteiger partial charge in [-0.25, -0.2) is 0 Å². The molecule has 5 aliphatic rings. The zero-order valence-corrected chi connectivity index (χ0v) is 52.1. The second-order valence-corrected chi connectivity index (χ2v) is 30.5. The predicted octanol–water partition coefficient (Wildman–Crippen LogP) is 20.1. The van der Waals surface area contributed by atoms with Crippen LogP contribution in [0.3, 0.4) is 0 Å². The highest BCUT2D eigenvalue weighted by atomic mass is 15.2. The van der Waals surface area contributed by atoms with Crippen molar-refractivity contribution in [3.63, 3.8) is 0 Å². The summed E-state index contributed by atoms with van der Waals surface area (Å²) in [5, 5.41) is 0. The van der Waals surface area contributed by atoms with Crippen LogP contribution in [0.2, 0.25) is 0 Å². The Morgan fingerprint density at radius 1 is 0.420 bits per heavy atom. The minimum atomic E-state index is -0.170. The van der Waals surface area contributed by atoms with Crippen molar-refractivity contribution in [2.45, 2.75) is 188 Å². The van der Waals surface area contributed by atoms with Gasteiger partial charge >= 0.3 is 6.85 Å². The molecule has 4 heteroatoms. The van der Waals surface area contributed by atoms with E-state index < -0.39 is 0 Å². The molecule has 0 amide bonds. The maximum absolute atomic E-state index is 2.80. The van der Waals surface area contributed by atoms with E-state index in [-0.39, 0.29) is 44.8 Å². The van der Waals surface area contributed by atoms with Crippen LogP contribution in [0.4, 0.5) is 45.5 Å². The first kappa shape index (κ1) is 53.5. The van der Waals surface area contributed by atoms with E-state index in [0.717, 1.165) is 29.9 Å². The van der Waals surface area contributed by atoms with Gasteiger partial charge in [0.2, 0.25) is 0 Å². The molecule has 0 saturated carbocycles. The number of rotatable bonds is 5. The van der Waals surface area contributed by atoms with Crippen LogP contribution in [0.5, 0.6) is 0 Å². The third kappa shape index (κ3) is 8.17. The van der Waals surface area contributed by atoms with Crippen molar-refractivity contribution in [1.82, 2.24) is 0 Å². The van der Waals surface area contributed by atoms with Gasteiger partial charge in [-0.05, 0) is 228 Å². The number of fused-ring (bicyclic) bond motifs is 10. The third-order valence-corrected chi connectivity index (χ3v) is 20.6. The van der Waals surface area contributed by atoms with E-state index in [1.165, 1.54) is 130 Å². The van der Waals surface area contributed by atoms with E-state index in [1.807, 2.05) is 0 Å². The second-order valence-electron chi connectivity index (χ2n) is 30.5. The first-order chi connectivity index (χ1) is 38.0. The zero-order chi connectivity index (χ0) is 57.5. The van der Waals surface area contributed by atoms with Crippen molar-refractivity contribution in [2.75, 3.05) is 14.6 Å².